The van der Waals surface area contributed by atoms with Crippen LogP contribution < -0.4 is 5.32 Å². The van der Waals surface area contributed by atoms with E-state index in [1.165, 1.54) is 0 Å². The Morgan fingerprint density at radius 3 is 1.80 bits per heavy atom. The SMILES string of the molecule is CCC(C#Cc1cccc(Cl)c1)N1CCNCC1.CCCCCOC(=O)N1CCN(C(C#Cc2cccc(Cl)c2)CC)CC1. The van der Waals surface area contributed by atoms with E-state index in [1.807, 2.05) is 48.5 Å². The molecule has 2 saturated heterocycles. The van der Waals surface area contributed by atoms with Gasteiger partial charge >= 0.3 is 6.09 Å². The normalized spacial score (nSPS) is 16.7. The maximum atomic E-state index is 12.1. The van der Waals surface area contributed by atoms with Gasteiger partial charge in [-0.15, -0.1) is 0 Å². The molecule has 2 aromatic carbocycles. The maximum absolute atomic E-state index is 12.1. The van der Waals surface area contributed by atoms with Crippen molar-refractivity contribution in [3.05, 3.63) is 69.7 Å². The third-order valence-corrected chi connectivity index (χ3v) is 8.24. The maximum Gasteiger partial charge on any atom is 0.409 e. The highest BCUT2D eigenvalue weighted by Crippen LogP contribution is 2.13. The van der Waals surface area contributed by atoms with Gasteiger partial charge in [0.15, 0.2) is 0 Å². The van der Waals surface area contributed by atoms with Gasteiger partial charge in [0.25, 0.3) is 0 Å². The van der Waals surface area contributed by atoms with Gasteiger partial charge in [-0.1, -0.05) is 92.6 Å². The Balaban J connectivity index is 0.000000257. The van der Waals surface area contributed by atoms with E-state index in [4.69, 9.17) is 27.9 Å². The summed E-state index contributed by atoms with van der Waals surface area (Å²) in [5.74, 6) is 13.2. The van der Waals surface area contributed by atoms with Crippen LogP contribution in [-0.4, -0.2) is 91.8 Å². The molecule has 2 aliphatic rings. The van der Waals surface area contributed by atoms with E-state index < -0.39 is 0 Å². The molecule has 2 aliphatic heterocycles. The fourth-order valence-corrected chi connectivity index (χ4v) is 5.56. The molecule has 2 fully saturated rings. The minimum absolute atomic E-state index is 0.182. The fraction of sp³-hybridized carbons (Fsp3) is 0.528. The Morgan fingerprint density at radius 1 is 0.795 bits per heavy atom. The number of halogens is 2. The predicted octanol–water partition coefficient (Wildman–Crippen LogP) is 6.79. The number of hydrogen-bond donors (Lipinski definition) is 1. The lowest BCUT2D eigenvalue weighted by molar-refractivity contribution is 0.0692. The van der Waals surface area contributed by atoms with Crippen LogP contribution in [-0.2, 0) is 4.74 Å². The summed E-state index contributed by atoms with van der Waals surface area (Å²) in [6, 6.07) is 15.9. The monoisotopic (exact) mass is 638 g/mol. The van der Waals surface area contributed by atoms with E-state index >= 15 is 0 Å². The van der Waals surface area contributed by atoms with Crippen molar-refractivity contribution in [3.63, 3.8) is 0 Å². The van der Waals surface area contributed by atoms with Gasteiger partial charge in [0.05, 0.1) is 18.7 Å². The van der Waals surface area contributed by atoms with Crippen molar-refractivity contribution in [2.75, 3.05) is 59.0 Å². The summed E-state index contributed by atoms with van der Waals surface area (Å²) in [5.41, 5.74) is 1.93. The number of piperazine rings is 2. The van der Waals surface area contributed by atoms with Crippen LogP contribution >= 0.6 is 23.2 Å². The van der Waals surface area contributed by atoms with E-state index in [9.17, 15) is 4.79 Å². The van der Waals surface area contributed by atoms with E-state index in [-0.39, 0.29) is 12.1 Å². The first kappa shape index (κ1) is 35.8. The molecular formula is C36H48Cl2N4O2. The van der Waals surface area contributed by atoms with Crippen molar-refractivity contribution in [3.8, 4) is 23.7 Å². The van der Waals surface area contributed by atoms with Crippen LogP contribution in [0.4, 0.5) is 4.79 Å². The lowest BCUT2D eigenvalue weighted by atomic mass is 10.1. The van der Waals surface area contributed by atoms with Crippen molar-refractivity contribution in [1.82, 2.24) is 20.0 Å². The summed E-state index contributed by atoms with van der Waals surface area (Å²) < 4.78 is 5.35. The number of amides is 1. The van der Waals surface area contributed by atoms with Gasteiger partial charge in [-0.3, -0.25) is 9.80 Å². The molecule has 6 nitrogen and oxygen atoms in total. The molecule has 2 heterocycles. The number of carbonyl (C=O) groups excluding carboxylic acids is 1. The first-order valence-corrected chi connectivity index (χ1v) is 16.8. The highest BCUT2D eigenvalue weighted by molar-refractivity contribution is 6.30. The van der Waals surface area contributed by atoms with Crippen LogP contribution in [0.3, 0.4) is 0 Å². The molecule has 2 aromatic rings. The lowest BCUT2D eigenvalue weighted by Gasteiger charge is -2.36. The van der Waals surface area contributed by atoms with Crippen molar-refractivity contribution in [2.45, 2.75) is 65.0 Å². The minimum Gasteiger partial charge on any atom is -0.449 e. The zero-order valence-corrected chi connectivity index (χ0v) is 28.1. The minimum atomic E-state index is -0.182. The van der Waals surface area contributed by atoms with Crippen molar-refractivity contribution in [1.29, 1.82) is 0 Å². The third-order valence-electron chi connectivity index (χ3n) is 7.77. The Morgan fingerprint density at radius 2 is 1.32 bits per heavy atom. The summed E-state index contributed by atoms with van der Waals surface area (Å²) in [6.07, 6.45) is 5.01. The highest BCUT2D eigenvalue weighted by atomic mass is 35.5. The third kappa shape index (κ3) is 12.7. The molecule has 0 aromatic heterocycles. The number of rotatable bonds is 8. The fourth-order valence-electron chi connectivity index (χ4n) is 5.18. The molecule has 1 N–H and O–H groups in total. The number of nitrogens with one attached hydrogen (secondary N) is 1. The molecule has 0 aliphatic carbocycles. The zero-order valence-electron chi connectivity index (χ0n) is 26.6. The second-order valence-electron chi connectivity index (χ2n) is 11.0. The summed E-state index contributed by atoms with van der Waals surface area (Å²) >= 11 is 12.0. The molecular weight excluding hydrogens is 591 g/mol. The van der Waals surface area contributed by atoms with Gasteiger partial charge in [0.2, 0.25) is 0 Å². The summed E-state index contributed by atoms with van der Waals surface area (Å²) in [5, 5.41) is 4.82. The van der Waals surface area contributed by atoms with Crippen molar-refractivity contribution < 1.29 is 9.53 Å². The number of benzene rings is 2. The van der Waals surface area contributed by atoms with Gasteiger partial charge in [0.1, 0.15) is 0 Å². The molecule has 44 heavy (non-hydrogen) atoms. The standard InChI is InChI=1S/C21H29ClN2O2.C15H19ClN2/c1-3-5-6-16-26-21(25)24-14-12-23(13-15-24)20(4-2)11-10-18-8-7-9-19(22)17-18;1-2-15(18-10-8-17-9-11-18)7-6-13-4-3-5-14(16)12-13/h7-9,17,20H,3-6,12-16H2,1-2H3;3-5,12,15,17H,2,8-11H2,1H3. The van der Waals surface area contributed by atoms with Crippen LogP contribution in [0.25, 0.3) is 0 Å². The quantitative estimate of drug-likeness (QED) is 0.255. The molecule has 0 spiro atoms. The first-order valence-electron chi connectivity index (χ1n) is 16.1. The van der Waals surface area contributed by atoms with Gasteiger partial charge in [-0.2, -0.15) is 0 Å². The van der Waals surface area contributed by atoms with Crippen LogP contribution in [0.1, 0.15) is 64.0 Å². The smallest absolute Gasteiger partial charge is 0.409 e. The lowest BCUT2D eigenvalue weighted by Crippen LogP contribution is -2.51. The largest absolute Gasteiger partial charge is 0.449 e. The number of ether oxygens (including phenoxy) is 1. The van der Waals surface area contributed by atoms with Gasteiger partial charge in [-0.25, -0.2) is 4.79 Å². The number of unbranched alkanes of at least 4 members (excludes halogenated alkanes) is 2. The average Bonchev–Trinajstić information content (AvgIpc) is 3.05. The van der Waals surface area contributed by atoms with Crippen LogP contribution in [0.15, 0.2) is 48.5 Å². The van der Waals surface area contributed by atoms with E-state index in [0.717, 1.165) is 87.5 Å². The Labute approximate surface area is 275 Å². The summed E-state index contributed by atoms with van der Waals surface area (Å²) in [6.45, 7) is 14.3. The molecule has 238 valence electrons. The Hall–Kier alpha value is -2.71. The van der Waals surface area contributed by atoms with Crippen LogP contribution in [0.2, 0.25) is 10.0 Å². The second kappa shape index (κ2) is 20.3. The first-order chi connectivity index (χ1) is 21.4. The molecule has 2 atom stereocenters. The predicted molar refractivity (Wildman–Crippen MR) is 183 cm³/mol. The Kier molecular flexibility index (Phi) is 16.5. The number of hydrogen-bond acceptors (Lipinski definition) is 5. The Bertz CT molecular complexity index is 1270. The van der Waals surface area contributed by atoms with E-state index in [2.05, 4.69) is 59.6 Å². The number of carbonyl (C=O) groups is 1. The summed E-state index contributed by atoms with van der Waals surface area (Å²) in [4.78, 5) is 18.7. The van der Waals surface area contributed by atoms with Gasteiger partial charge in [0, 0.05) is 73.5 Å². The molecule has 0 bridgehead atoms. The molecule has 0 radical (unpaired) electrons. The highest BCUT2D eigenvalue weighted by Gasteiger charge is 2.25. The van der Waals surface area contributed by atoms with Crippen LogP contribution in [0, 0.1) is 23.7 Å². The molecule has 2 unspecified atom stereocenters. The zero-order chi connectivity index (χ0) is 31.6. The van der Waals surface area contributed by atoms with Gasteiger partial charge < -0.3 is 15.0 Å². The second-order valence-corrected chi connectivity index (χ2v) is 11.9. The molecule has 4 rings (SSSR count). The van der Waals surface area contributed by atoms with Gasteiger partial charge in [-0.05, 0) is 55.7 Å². The van der Waals surface area contributed by atoms with Crippen molar-refractivity contribution >= 4 is 29.3 Å². The topological polar surface area (TPSA) is 48.1 Å². The van der Waals surface area contributed by atoms with E-state index in [1.54, 1.807) is 4.90 Å². The summed E-state index contributed by atoms with van der Waals surface area (Å²) in [7, 11) is 0. The van der Waals surface area contributed by atoms with Crippen LogP contribution in [0.5, 0.6) is 0 Å². The average molecular weight is 640 g/mol. The molecule has 8 heteroatoms. The molecule has 1 amide bonds. The molecule has 0 saturated carbocycles. The van der Waals surface area contributed by atoms with Crippen molar-refractivity contribution in [2.24, 2.45) is 0 Å². The number of nitrogens with zero attached hydrogens (tertiary/aromatic N) is 3. The van der Waals surface area contributed by atoms with E-state index in [0.29, 0.717) is 30.8 Å².